The summed E-state index contributed by atoms with van der Waals surface area (Å²) in [6, 6.07) is 1.44. The van der Waals surface area contributed by atoms with Crippen molar-refractivity contribution in [2.45, 2.75) is 30.2 Å². The summed E-state index contributed by atoms with van der Waals surface area (Å²) in [4.78, 5) is 32.9. The molecule has 34 heavy (non-hydrogen) atoms. The molecule has 1 fully saturated rings. The number of aromatic nitrogens is 4. The van der Waals surface area contributed by atoms with Crippen molar-refractivity contribution in [3.63, 3.8) is 0 Å². The summed E-state index contributed by atoms with van der Waals surface area (Å²) in [5, 5.41) is 2.82. The maximum Gasteiger partial charge on any atom is 0.275 e. The molecule has 1 aliphatic heterocycles. The van der Waals surface area contributed by atoms with Crippen molar-refractivity contribution in [3.05, 3.63) is 60.2 Å². The fourth-order valence-corrected chi connectivity index (χ4v) is 5.43. The number of halogens is 2. The molecule has 0 bridgehead atoms. The molecular weight excluding hydrogens is 468 g/mol. The maximum atomic E-state index is 14.7. The van der Waals surface area contributed by atoms with E-state index in [4.69, 9.17) is 14.9 Å². The molecule has 0 unspecified atom stereocenters. The Bertz CT molecular complexity index is 1260. The number of nitrogens with zero attached hydrogens (tertiary/aromatic N) is 5. The zero-order valence-electron chi connectivity index (χ0n) is 17.9. The molecule has 3 aromatic rings. The van der Waals surface area contributed by atoms with Gasteiger partial charge in [0.25, 0.3) is 5.91 Å². The molecule has 2 aliphatic rings. The number of nitrogens with one attached hydrogen (secondary N) is 1. The van der Waals surface area contributed by atoms with Crippen LogP contribution in [-0.2, 0) is 12.1 Å². The van der Waals surface area contributed by atoms with Gasteiger partial charge in [-0.2, -0.15) is 4.39 Å². The number of ether oxygens (including phenoxy) is 1. The van der Waals surface area contributed by atoms with Gasteiger partial charge in [-0.05, 0) is 19.4 Å². The molecular formula is C21H19F2N7O3S. The van der Waals surface area contributed by atoms with Crippen LogP contribution in [-0.4, -0.2) is 42.4 Å². The zero-order valence-corrected chi connectivity index (χ0v) is 18.7. The Kier molecular flexibility index (Phi) is 5.42. The Morgan fingerprint density at radius 3 is 2.88 bits per heavy atom. The summed E-state index contributed by atoms with van der Waals surface area (Å²) in [6.07, 6.45) is 7.14. The number of hydrogen-bond acceptors (Lipinski definition) is 10. The third-order valence-electron chi connectivity index (χ3n) is 5.91. The Balaban J connectivity index is 1.31. The van der Waals surface area contributed by atoms with E-state index in [0.717, 1.165) is 0 Å². The van der Waals surface area contributed by atoms with E-state index in [1.165, 1.54) is 48.9 Å². The van der Waals surface area contributed by atoms with Crippen molar-refractivity contribution in [2.75, 3.05) is 12.0 Å². The lowest BCUT2D eigenvalue weighted by atomic mass is 9.86. The summed E-state index contributed by atoms with van der Waals surface area (Å²) in [6.45, 7) is 1.18. The number of aliphatic imine (C=N–C) groups is 1. The molecule has 1 aliphatic carbocycles. The molecule has 4 heterocycles. The summed E-state index contributed by atoms with van der Waals surface area (Å²) in [7, 11) is 0. The minimum absolute atomic E-state index is 0.00975. The number of oxazole rings is 1. The van der Waals surface area contributed by atoms with Gasteiger partial charge in [0.15, 0.2) is 11.8 Å². The highest BCUT2D eigenvalue weighted by Crippen LogP contribution is 2.66. The second kappa shape index (κ2) is 8.31. The van der Waals surface area contributed by atoms with E-state index in [0.29, 0.717) is 12.3 Å². The van der Waals surface area contributed by atoms with Crippen LogP contribution in [0.25, 0.3) is 0 Å². The summed E-state index contributed by atoms with van der Waals surface area (Å²) < 4.78 is 38.2. The standard InChI is InChI=1S/C21H19F2N7O3S/c1-20(14-5-21(14,10-22)34-19(24)30-20)12-4-11(6-28-17(12)23)29-18(31)13-7-27-15(8-26-13)33-9-16-25-2-3-32-16/h2-4,6-8,14H,5,9-10H2,1H3,(H2,24,30)(H,29,31)/t14-,20+,21+/m0/s1. The third kappa shape index (κ3) is 3.95. The van der Waals surface area contributed by atoms with Gasteiger partial charge in [0.1, 0.15) is 18.6 Å². The number of fused-ring (bicyclic) bond motifs is 1. The molecule has 0 aromatic carbocycles. The second-order valence-corrected chi connectivity index (χ2v) is 9.56. The van der Waals surface area contributed by atoms with Gasteiger partial charge in [0.05, 0.1) is 40.8 Å². The Morgan fingerprint density at radius 2 is 2.18 bits per heavy atom. The van der Waals surface area contributed by atoms with Gasteiger partial charge >= 0.3 is 0 Å². The van der Waals surface area contributed by atoms with E-state index >= 15 is 0 Å². The maximum absolute atomic E-state index is 14.7. The fourth-order valence-electron chi connectivity index (χ4n) is 4.11. The molecule has 5 rings (SSSR count). The first-order valence-corrected chi connectivity index (χ1v) is 11.1. The van der Waals surface area contributed by atoms with E-state index in [9.17, 15) is 13.6 Å². The van der Waals surface area contributed by atoms with Crippen LogP contribution in [0.5, 0.6) is 5.88 Å². The van der Waals surface area contributed by atoms with Gasteiger partial charge < -0.3 is 20.2 Å². The second-order valence-electron chi connectivity index (χ2n) is 8.13. The van der Waals surface area contributed by atoms with E-state index in [1.54, 1.807) is 6.92 Å². The van der Waals surface area contributed by atoms with E-state index in [1.807, 2.05) is 0 Å². The Labute approximate surface area is 196 Å². The van der Waals surface area contributed by atoms with Gasteiger partial charge in [-0.25, -0.2) is 24.3 Å². The number of pyridine rings is 1. The first-order valence-electron chi connectivity index (χ1n) is 10.2. The van der Waals surface area contributed by atoms with Crippen LogP contribution < -0.4 is 15.8 Å². The van der Waals surface area contributed by atoms with Crippen molar-refractivity contribution in [1.82, 2.24) is 19.9 Å². The molecule has 3 atom stereocenters. The molecule has 3 N–H and O–H groups in total. The van der Waals surface area contributed by atoms with E-state index in [2.05, 4.69) is 30.2 Å². The number of carbonyl (C=O) groups excluding carboxylic acids is 1. The number of amides is 1. The Hall–Kier alpha value is -3.61. The quantitative estimate of drug-likeness (QED) is 0.481. The fraction of sp³-hybridized carbons (Fsp3) is 0.333. The monoisotopic (exact) mass is 487 g/mol. The van der Waals surface area contributed by atoms with Crippen molar-refractivity contribution < 1.29 is 22.7 Å². The lowest BCUT2D eigenvalue weighted by Gasteiger charge is -2.33. The van der Waals surface area contributed by atoms with Crippen LogP contribution in [0.3, 0.4) is 0 Å². The van der Waals surface area contributed by atoms with Crippen molar-refractivity contribution in [2.24, 2.45) is 16.6 Å². The summed E-state index contributed by atoms with van der Waals surface area (Å²) in [5.41, 5.74) is 5.21. The van der Waals surface area contributed by atoms with Crippen LogP contribution in [0.4, 0.5) is 14.5 Å². The normalized spacial score (nSPS) is 25.3. The average molecular weight is 487 g/mol. The summed E-state index contributed by atoms with van der Waals surface area (Å²) >= 11 is 1.19. The van der Waals surface area contributed by atoms with E-state index < -0.39 is 28.8 Å². The number of carbonyl (C=O) groups is 1. The highest BCUT2D eigenvalue weighted by atomic mass is 32.2. The zero-order chi connectivity index (χ0) is 23.9. The molecule has 13 heteroatoms. The minimum Gasteiger partial charge on any atom is -0.467 e. The van der Waals surface area contributed by atoms with Gasteiger partial charge in [-0.1, -0.05) is 11.8 Å². The number of hydrogen-bond donors (Lipinski definition) is 2. The highest BCUT2D eigenvalue weighted by Gasteiger charge is 2.67. The molecule has 10 nitrogen and oxygen atoms in total. The van der Waals surface area contributed by atoms with Gasteiger partial charge in [-0.3, -0.25) is 9.79 Å². The molecule has 176 valence electrons. The molecule has 3 aromatic heterocycles. The van der Waals surface area contributed by atoms with Crippen molar-refractivity contribution in [1.29, 1.82) is 0 Å². The Morgan fingerprint density at radius 1 is 1.32 bits per heavy atom. The third-order valence-corrected chi connectivity index (χ3v) is 7.18. The largest absolute Gasteiger partial charge is 0.467 e. The van der Waals surface area contributed by atoms with Crippen LogP contribution in [0, 0.1) is 11.9 Å². The highest BCUT2D eigenvalue weighted by molar-refractivity contribution is 8.15. The van der Waals surface area contributed by atoms with Crippen molar-refractivity contribution >= 4 is 28.5 Å². The number of nitrogens with two attached hydrogens (primary N) is 1. The average Bonchev–Trinajstić information content (AvgIpc) is 3.33. The van der Waals surface area contributed by atoms with Crippen molar-refractivity contribution in [3.8, 4) is 5.88 Å². The number of thioether (sulfide) groups is 1. The molecule has 0 radical (unpaired) electrons. The van der Waals surface area contributed by atoms with Crippen LogP contribution in [0.15, 0.2) is 46.5 Å². The molecule has 0 spiro atoms. The number of alkyl halides is 1. The smallest absolute Gasteiger partial charge is 0.275 e. The van der Waals surface area contributed by atoms with Crippen LogP contribution >= 0.6 is 11.8 Å². The summed E-state index contributed by atoms with van der Waals surface area (Å²) in [5.74, 6) is -1.02. The SMILES string of the molecule is C[C@]1(c2cc(NC(=O)c3cnc(OCc4ncco4)cn3)cnc2F)N=C(N)S[C@@]2(CF)C[C@H]21. The van der Waals surface area contributed by atoms with E-state index in [-0.39, 0.29) is 40.5 Å². The van der Waals surface area contributed by atoms with Gasteiger partial charge in [0, 0.05) is 11.5 Å². The predicted molar refractivity (Wildman–Crippen MR) is 118 cm³/mol. The first kappa shape index (κ1) is 22.2. The molecule has 0 saturated heterocycles. The van der Waals surface area contributed by atoms with Crippen LogP contribution in [0.2, 0.25) is 0 Å². The number of anilines is 1. The van der Waals surface area contributed by atoms with Gasteiger partial charge in [-0.15, -0.1) is 0 Å². The predicted octanol–water partition coefficient (Wildman–Crippen LogP) is 2.83. The topological polar surface area (TPSA) is 141 Å². The van der Waals surface area contributed by atoms with Gasteiger partial charge in [0.2, 0.25) is 17.7 Å². The number of rotatable bonds is 7. The molecule has 1 saturated carbocycles. The lowest BCUT2D eigenvalue weighted by Crippen LogP contribution is -2.37. The lowest BCUT2D eigenvalue weighted by molar-refractivity contribution is 0.102. The minimum atomic E-state index is -1.10. The number of amidine groups is 1. The first-order chi connectivity index (χ1) is 16.3. The molecule has 1 amide bonds. The van der Waals surface area contributed by atoms with Crippen LogP contribution in [0.1, 0.15) is 35.3 Å².